The molecule has 0 bridgehead atoms. The summed E-state index contributed by atoms with van der Waals surface area (Å²) in [6, 6.07) is 11.6. The standard InChI is InChI=1S/C23H29N5O2/c1-22(2,3)27-21-23(26-18-9-6-5-8-17(18)25-21)12-7-13-28(15-23)20(29)16-10-11-19(30-4)24-14-16/h5-6,8-11,14,26H,7,12-13,15H2,1-4H3,(H,25,27)/t23-/m1/s1. The van der Waals surface area contributed by atoms with Crippen LogP contribution in [0.5, 0.6) is 5.88 Å². The largest absolute Gasteiger partial charge is 0.481 e. The van der Waals surface area contributed by atoms with Gasteiger partial charge in [-0.15, -0.1) is 0 Å². The highest BCUT2D eigenvalue weighted by molar-refractivity contribution is 6.10. The number of pyridine rings is 1. The van der Waals surface area contributed by atoms with Crippen LogP contribution in [-0.4, -0.2) is 52.9 Å². The zero-order valence-electron chi connectivity index (χ0n) is 18.0. The number of rotatable bonds is 2. The Kier molecular flexibility index (Phi) is 5.13. The molecule has 0 aliphatic carbocycles. The number of anilines is 2. The normalized spacial score (nSPS) is 22.3. The number of likely N-dealkylation sites (tertiary alicyclic amines) is 1. The SMILES string of the molecule is COc1ccc(C(=O)N2CCC[C@]3(C2)Nc2ccccc2NC3=NC(C)(C)C)cn1. The maximum atomic E-state index is 13.2. The topological polar surface area (TPSA) is 78.9 Å². The summed E-state index contributed by atoms with van der Waals surface area (Å²) in [5.74, 6) is 1.36. The van der Waals surface area contributed by atoms with E-state index < -0.39 is 5.54 Å². The molecule has 1 saturated heterocycles. The molecule has 1 fully saturated rings. The summed E-state index contributed by atoms with van der Waals surface area (Å²) in [5.41, 5.74) is 1.91. The maximum absolute atomic E-state index is 13.2. The first kappa shape index (κ1) is 20.2. The van der Waals surface area contributed by atoms with E-state index in [1.165, 1.54) is 0 Å². The number of para-hydroxylation sites is 2. The monoisotopic (exact) mass is 407 g/mol. The highest BCUT2D eigenvalue weighted by atomic mass is 16.5. The molecule has 4 rings (SSSR count). The molecular weight excluding hydrogens is 378 g/mol. The molecule has 2 N–H and O–H groups in total. The Morgan fingerprint density at radius 3 is 2.63 bits per heavy atom. The molecule has 7 heteroatoms. The lowest BCUT2D eigenvalue weighted by Gasteiger charge is -2.47. The fraction of sp³-hybridized carbons (Fsp3) is 0.435. The first-order valence-electron chi connectivity index (χ1n) is 10.3. The van der Waals surface area contributed by atoms with E-state index in [1.54, 1.807) is 25.4 Å². The fourth-order valence-electron chi connectivity index (χ4n) is 4.07. The molecule has 2 aromatic rings. The van der Waals surface area contributed by atoms with E-state index in [1.807, 2.05) is 23.1 Å². The second kappa shape index (κ2) is 7.63. The minimum atomic E-state index is -0.449. The number of fused-ring (bicyclic) bond motifs is 1. The van der Waals surface area contributed by atoms with Crippen molar-refractivity contribution in [2.24, 2.45) is 4.99 Å². The molecule has 1 spiro atoms. The molecule has 7 nitrogen and oxygen atoms in total. The van der Waals surface area contributed by atoms with Crippen LogP contribution < -0.4 is 15.4 Å². The van der Waals surface area contributed by atoms with Crippen LogP contribution >= 0.6 is 0 Å². The number of aromatic nitrogens is 1. The summed E-state index contributed by atoms with van der Waals surface area (Å²) in [7, 11) is 1.56. The lowest BCUT2D eigenvalue weighted by Crippen LogP contribution is -2.63. The second-order valence-corrected chi connectivity index (χ2v) is 8.93. The Bertz CT molecular complexity index is 964. The first-order valence-corrected chi connectivity index (χ1v) is 10.3. The van der Waals surface area contributed by atoms with Gasteiger partial charge in [0.25, 0.3) is 5.91 Å². The van der Waals surface area contributed by atoms with Gasteiger partial charge in [0.05, 0.1) is 36.1 Å². The first-order chi connectivity index (χ1) is 14.3. The molecular formula is C23H29N5O2. The molecule has 1 aromatic heterocycles. The summed E-state index contributed by atoms with van der Waals surface area (Å²) in [4.78, 5) is 24.3. The number of piperidine rings is 1. The van der Waals surface area contributed by atoms with Crippen LogP contribution in [0, 0.1) is 0 Å². The number of amides is 1. The van der Waals surface area contributed by atoms with Crippen molar-refractivity contribution in [2.45, 2.75) is 44.7 Å². The van der Waals surface area contributed by atoms with Crippen LogP contribution in [-0.2, 0) is 0 Å². The van der Waals surface area contributed by atoms with E-state index in [-0.39, 0.29) is 11.4 Å². The molecule has 1 aromatic carbocycles. The van der Waals surface area contributed by atoms with Gasteiger partial charge in [-0.3, -0.25) is 9.79 Å². The van der Waals surface area contributed by atoms with Gasteiger partial charge in [0.1, 0.15) is 11.4 Å². The van der Waals surface area contributed by atoms with E-state index >= 15 is 0 Å². The number of carbonyl (C=O) groups excluding carboxylic acids is 1. The van der Waals surface area contributed by atoms with Gasteiger partial charge in [-0.1, -0.05) is 12.1 Å². The van der Waals surface area contributed by atoms with Gasteiger partial charge < -0.3 is 20.3 Å². The maximum Gasteiger partial charge on any atom is 0.255 e. The lowest BCUT2D eigenvalue weighted by molar-refractivity contribution is 0.0694. The molecule has 2 aliphatic rings. The molecule has 30 heavy (non-hydrogen) atoms. The van der Waals surface area contributed by atoms with E-state index in [0.717, 1.165) is 30.1 Å². The second-order valence-electron chi connectivity index (χ2n) is 8.93. The van der Waals surface area contributed by atoms with Crippen LogP contribution in [0.3, 0.4) is 0 Å². The number of benzene rings is 1. The minimum absolute atomic E-state index is 0.0278. The summed E-state index contributed by atoms with van der Waals surface area (Å²) in [5, 5.41) is 7.27. The van der Waals surface area contributed by atoms with Crippen molar-refractivity contribution in [2.75, 3.05) is 30.8 Å². The average Bonchev–Trinajstić information content (AvgIpc) is 2.73. The third kappa shape index (κ3) is 3.97. The van der Waals surface area contributed by atoms with Crippen molar-refractivity contribution < 1.29 is 9.53 Å². The Labute approximate surface area is 177 Å². The summed E-state index contributed by atoms with van der Waals surface area (Å²) >= 11 is 0. The third-order valence-corrected chi connectivity index (χ3v) is 5.43. The lowest BCUT2D eigenvalue weighted by atomic mass is 9.84. The number of nitrogens with zero attached hydrogens (tertiary/aromatic N) is 3. The molecule has 0 unspecified atom stereocenters. The highest BCUT2D eigenvalue weighted by Crippen LogP contribution is 2.37. The van der Waals surface area contributed by atoms with E-state index in [2.05, 4.69) is 42.5 Å². The van der Waals surface area contributed by atoms with Gasteiger partial charge in [0.2, 0.25) is 5.88 Å². The number of aliphatic imine (C=N–C) groups is 1. The molecule has 1 atom stereocenters. The molecule has 3 heterocycles. The smallest absolute Gasteiger partial charge is 0.255 e. The predicted octanol–water partition coefficient (Wildman–Crippen LogP) is 3.80. The number of carbonyl (C=O) groups is 1. The zero-order chi connectivity index (χ0) is 21.4. The van der Waals surface area contributed by atoms with Crippen molar-refractivity contribution in [3.63, 3.8) is 0 Å². The van der Waals surface area contributed by atoms with E-state index in [0.29, 0.717) is 24.5 Å². The number of amidine groups is 1. The molecule has 0 radical (unpaired) electrons. The number of hydrogen-bond acceptors (Lipinski definition) is 5. The van der Waals surface area contributed by atoms with Crippen LogP contribution in [0.15, 0.2) is 47.6 Å². The van der Waals surface area contributed by atoms with Crippen LogP contribution in [0.2, 0.25) is 0 Å². The van der Waals surface area contributed by atoms with Crippen molar-refractivity contribution in [1.29, 1.82) is 0 Å². The Balaban J connectivity index is 1.66. The van der Waals surface area contributed by atoms with Crippen LogP contribution in [0.1, 0.15) is 44.0 Å². The Morgan fingerprint density at radius 1 is 1.20 bits per heavy atom. The van der Waals surface area contributed by atoms with Gasteiger partial charge in [0.15, 0.2) is 0 Å². The van der Waals surface area contributed by atoms with Gasteiger partial charge in [-0.05, 0) is 51.8 Å². The summed E-state index contributed by atoms with van der Waals surface area (Å²) < 4.78 is 5.11. The Hall–Kier alpha value is -3.09. The van der Waals surface area contributed by atoms with Gasteiger partial charge >= 0.3 is 0 Å². The Morgan fingerprint density at radius 2 is 1.97 bits per heavy atom. The van der Waals surface area contributed by atoms with Gasteiger partial charge in [0, 0.05) is 18.8 Å². The number of nitrogens with one attached hydrogen (secondary N) is 2. The van der Waals surface area contributed by atoms with Gasteiger partial charge in [-0.2, -0.15) is 0 Å². The van der Waals surface area contributed by atoms with Crippen molar-refractivity contribution >= 4 is 23.1 Å². The summed E-state index contributed by atoms with van der Waals surface area (Å²) in [6.45, 7) is 7.51. The quantitative estimate of drug-likeness (QED) is 0.792. The van der Waals surface area contributed by atoms with Crippen molar-refractivity contribution in [1.82, 2.24) is 9.88 Å². The molecule has 1 amide bonds. The number of hydrogen-bond donors (Lipinski definition) is 2. The number of ether oxygens (including phenoxy) is 1. The van der Waals surface area contributed by atoms with Crippen molar-refractivity contribution in [3.8, 4) is 5.88 Å². The zero-order valence-corrected chi connectivity index (χ0v) is 18.0. The summed E-state index contributed by atoms with van der Waals surface area (Å²) in [6.07, 6.45) is 3.36. The molecule has 2 aliphatic heterocycles. The molecule has 158 valence electrons. The minimum Gasteiger partial charge on any atom is -0.481 e. The molecule has 0 saturated carbocycles. The van der Waals surface area contributed by atoms with Crippen LogP contribution in [0.25, 0.3) is 0 Å². The van der Waals surface area contributed by atoms with Crippen LogP contribution in [0.4, 0.5) is 11.4 Å². The van der Waals surface area contributed by atoms with Crippen molar-refractivity contribution in [3.05, 3.63) is 48.2 Å². The highest BCUT2D eigenvalue weighted by Gasteiger charge is 2.45. The van der Waals surface area contributed by atoms with E-state index in [4.69, 9.17) is 9.73 Å². The average molecular weight is 408 g/mol. The number of methoxy groups -OCH3 is 1. The fourth-order valence-corrected chi connectivity index (χ4v) is 4.07. The predicted molar refractivity (Wildman–Crippen MR) is 120 cm³/mol. The van der Waals surface area contributed by atoms with E-state index in [9.17, 15) is 4.79 Å². The third-order valence-electron chi connectivity index (χ3n) is 5.43. The van der Waals surface area contributed by atoms with Gasteiger partial charge in [-0.25, -0.2) is 4.98 Å².